The van der Waals surface area contributed by atoms with Crippen molar-refractivity contribution in [2.24, 2.45) is 4.99 Å². The Morgan fingerprint density at radius 2 is 1.91 bits per heavy atom. The van der Waals surface area contributed by atoms with Crippen LogP contribution in [0.2, 0.25) is 0 Å². The van der Waals surface area contributed by atoms with E-state index in [4.69, 9.17) is 9.47 Å². The summed E-state index contributed by atoms with van der Waals surface area (Å²) in [5.74, 6) is 0.535. The number of methoxy groups -OCH3 is 1. The summed E-state index contributed by atoms with van der Waals surface area (Å²) in [5.41, 5.74) is 3.08. The zero-order valence-electron chi connectivity index (χ0n) is 12.4. The van der Waals surface area contributed by atoms with Gasteiger partial charge in [-0.3, -0.25) is 0 Å². The Morgan fingerprint density at radius 3 is 2.64 bits per heavy atom. The summed E-state index contributed by atoms with van der Waals surface area (Å²) in [5, 5.41) is 0. The average molecular weight is 293 g/mol. The van der Waals surface area contributed by atoms with Crippen LogP contribution in [0.3, 0.4) is 0 Å². The number of rotatable bonds is 3. The molecule has 0 radical (unpaired) electrons. The minimum absolute atomic E-state index is 0.293. The lowest BCUT2D eigenvalue weighted by molar-refractivity contribution is -0.129. The lowest BCUT2D eigenvalue weighted by atomic mass is 10.1. The van der Waals surface area contributed by atoms with Crippen molar-refractivity contribution in [1.29, 1.82) is 0 Å². The van der Waals surface area contributed by atoms with Crippen molar-refractivity contribution in [2.75, 3.05) is 7.11 Å². The Hall–Kier alpha value is -2.88. The molecule has 0 unspecified atom stereocenters. The first-order valence-corrected chi connectivity index (χ1v) is 6.89. The van der Waals surface area contributed by atoms with Gasteiger partial charge in [-0.1, -0.05) is 35.9 Å². The van der Waals surface area contributed by atoms with Crippen LogP contribution >= 0.6 is 0 Å². The Labute approximate surface area is 128 Å². The fourth-order valence-corrected chi connectivity index (χ4v) is 2.11. The summed E-state index contributed by atoms with van der Waals surface area (Å²) in [6.45, 7) is 2.01. The third kappa shape index (κ3) is 2.91. The molecule has 0 spiro atoms. The first-order valence-electron chi connectivity index (χ1n) is 6.89. The van der Waals surface area contributed by atoms with E-state index in [1.807, 2.05) is 49.4 Å². The molecule has 4 nitrogen and oxygen atoms in total. The van der Waals surface area contributed by atoms with Gasteiger partial charge >= 0.3 is 5.97 Å². The van der Waals surface area contributed by atoms with Crippen LogP contribution in [0.4, 0.5) is 0 Å². The molecule has 0 fully saturated rings. The Kier molecular flexibility index (Phi) is 3.74. The SMILES string of the molecule is COc1cccc(C2=N/C(=C\c3ccc(C)cc3)C(=O)O2)c1. The van der Waals surface area contributed by atoms with Gasteiger partial charge in [0.05, 0.1) is 7.11 Å². The molecular formula is C18H15NO3. The number of hydrogen-bond acceptors (Lipinski definition) is 4. The Bertz CT molecular complexity index is 773. The fraction of sp³-hybridized carbons (Fsp3) is 0.111. The van der Waals surface area contributed by atoms with Crippen molar-refractivity contribution in [3.8, 4) is 5.75 Å². The molecule has 0 bridgehead atoms. The molecule has 1 aliphatic heterocycles. The Balaban J connectivity index is 1.92. The molecule has 0 saturated heterocycles. The van der Waals surface area contributed by atoms with Gasteiger partial charge in [0.15, 0.2) is 5.70 Å². The molecule has 0 atom stereocenters. The van der Waals surface area contributed by atoms with Crippen molar-refractivity contribution >= 4 is 17.9 Å². The summed E-state index contributed by atoms with van der Waals surface area (Å²) in [6.07, 6.45) is 1.72. The van der Waals surface area contributed by atoms with Crippen LogP contribution in [0, 0.1) is 6.92 Å². The maximum atomic E-state index is 11.9. The first-order chi connectivity index (χ1) is 10.7. The van der Waals surface area contributed by atoms with Crippen LogP contribution < -0.4 is 4.74 Å². The van der Waals surface area contributed by atoms with Crippen LogP contribution in [0.5, 0.6) is 5.75 Å². The summed E-state index contributed by atoms with van der Waals surface area (Å²) < 4.78 is 10.4. The van der Waals surface area contributed by atoms with Gasteiger partial charge < -0.3 is 9.47 Å². The maximum Gasteiger partial charge on any atom is 0.363 e. The van der Waals surface area contributed by atoms with E-state index < -0.39 is 5.97 Å². The van der Waals surface area contributed by atoms with Gasteiger partial charge in [0.2, 0.25) is 5.90 Å². The molecule has 2 aromatic rings. The summed E-state index contributed by atoms with van der Waals surface area (Å²) in [7, 11) is 1.59. The van der Waals surface area contributed by atoms with Crippen LogP contribution in [-0.4, -0.2) is 19.0 Å². The predicted molar refractivity (Wildman–Crippen MR) is 84.8 cm³/mol. The molecule has 0 aromatic heterocycles. The predicted octanol–water partition coefficient (Wildman–Crippen LogP) is 3.35. The highest BCUT2D eigenvalue weighted by atomic mass is 16.6. The third-order valence-electron chi connectivity index (χ3n) is 3.32. The monoisotopic (exact) mass is 293 g/mol. The Morgan fingerprint density at radius 1 is 1.14 bits per heavy atom. The number of hydrogen-bond donors (Lipinski definition) is 0. The zero-order chi connectivity index (χ0) is 15.5. The van der Waals surface area contributed by atoms with Crippen LogP contribution in [-0.2, 0) is 9.53 Å². The van der Waals surface area contributed by atoms with Gasteiger partial charge in [-0.2, -0.15) is 0 Å². The van der Waals surface area contributed by atoms with Crippen molar-refractivity contribution in [1.82, 2.24) is 0 Å². The second-order valence-electron chi connectivity index (χ2n) is 4.98. The zero-order valence-corrected chi connectivity index (χ0v) is 12.4. The molecule has 0 amide bonds. The van der Waals surface area contributed by atoms with E-state index in [1.165, 1.54) is 0 Å². The van der Waals surface area contributed by atoms with Gasteiger partial charge in [-0.15, -0.1) is 0 Å². The largest absolute Gasteiger partial charge is 0.497 e. The maximum absolute atomic E-state index is 11.9. The van der Waals surface area contributed by atoms with Gasteiger partial charge in [-0.25, -0.2) is 9.79 Å². The fourth-order valence-electron chi connectivity index (χ4n) is 2.11. The van der Waals surface area contributed by atoms with E-state index in [2.05, 4.69) is 4.99 Å². The molecular weight excluding hydrogens is 278 g/mol. The lowest BCUT2D eigenvalue weighted by Crippen LogP contribution is -2.05. The molecule has 4 heteroatoms. The highest BCUT2D eigenvalue weighted by Gasteiger charge is 2.24. The molecule has 22 heavy (non-hydrogen) atoms. The molecule has 2 aromatic carbocycles. The van der Waals surface area contributed by atoms with Crippen molar-refractivity contribution in [3.63, 3.8) is 0 Å². The number of ether oxygens (including phenoxy) is 2. The summed E-state index contributed by atoms with van der Waals surface area (Å²) >= 11 is 0. The van der Waals surface area contributed by atoms with Crippen LogP contribution in [0.1, 0.15) is 16.7 Å². The number of benzene rings is 2. The van der Waals surface area contributed by atoms with Crippen molar-refractivity contribution in [3.05, 3.63) is 70.9 Å². The highest BCUT2D eigenvalue weighted by Crippen LogP contribution is 2.21. The van der Waals surface area contributed by atoms with Gasteiger partial charge in [-0.05, 0) is 36.8 Å². The smallest absolute Gasteiger partial charge is 0.363 e. The molecule has 1 heterocycles. The number of aryl methyl sites for hydroxylation is 1. The van der Waals surface area contributed by atoms with Gasteiger partial charge in [0, 0.05) is 5.56 Å². The number of cyclic esters (lactones) is 1. The molecule has 0 aliphatic carbocycles. The topological polar surface area (TPSA) is 47.9 Å². The third-order valence-corrected chi connectivity index (χ3v) is 3.32. The van der Waals surface area contributed by atoms with Crippen LogP contribution in [0.15, 0.2) is 59.2 Å². The minimum Gasteiger partial charge on any atom is -0.497 e. The quantitative estimate of drug-likeness (QED) is 0.644. The van der Waals surface area contributed by atoms with E-state index in [-0.39, 0.29) is 0 Å². The summed E-state index contributed by atoms with van der Waals surface area (Å²) in [4.78, 5) is 16.2. The molecule has 0 saturated carbocycles. The van der Waals surface area contributed by atoms with Gasteiger partial charge in [0.25, 0.3) is 0 Å². The van der Waals surface area contributed by atoms with Crippen molar-refractivity contribution in [2.45, 2.75) is 6.92 Å². The van der Waals surface area contributed by atoms with E-state index in [0.717, 1.165) is 11.1 Å². The van der Waals surface area contributed by atoms with Gasteiger partial charge in [0.1, 0.15) is 5.75 Å². The normalized spacial score (nSPS) is 15.6. The van der Waals surface area contributed by atoms with E-state index in [1.54, 1.807) is 19.3 Å². The average Bonchev–Trinajstić information content (AvgIpc) is 2.91. The number of nitrogens with zero attached hydrogens (tertiary/aromatic N) is 1. The molecule has 110 valence electrons. The number of aliphatic imine (C=N–C) groups is 1. The number of carbonyl (C=O) groups is 1. The molecule has 0 N–H and O–H groups in total. The second kappa shape index (κ2) is 5.85. The van der Waals surface area contributed by atoms with E-state index in [9.17, 15) is 4.79 Å². The molecule has 3 rings (SSSR count). The van der Waals surface area contributed by atoms with Crippen LogP contribution in [0.25, 0.3) is 6.08 Å². The number of carbonyl (C=O) groups excluding carboxylic acids is 1. The minimum atomic E-state index is -0.446. The van der Waals surface area contributed by atoms with Crippen molar-refractivity contribution < 1.29 is 14.3 Å². The lowest BCUT2D eigenvalue weighted by Gasteiger charge is -2.02. The highest BCUT2D eigenvalue weighted by molar-refractivity contribution is 6.12. The molecule has 1 aliphatic rings. The van der Waals surface area contributed by atoms with E-state index >= 15 is 0 Å². The number of esters is 1. The standard InChI is InChI=1S/C18H15NO3/c1-12-6-8-13(9-7-12)10-16-18(20)22-17(19-16)14-4-3-5-15(11-14)21-2/h3-11H,1-2H3/b16-10-. The first kappa shape index (κ1) is 14.1. The second-order valence-corrected chi connectivity index (χ2v) is 4.98. The summed E-state index contributed by atoms with van der Waals surface area (Å²) in [6, 6.07) is 15.1. The van der Waals surface area contributed by atoms with E-state index in [0.29, 0.717) is 22.9 Å².